The smallest absolute Gasteiger partial charge is 0.170 e. The van der Waals surface area contributed by atoms with Gasteiger partial charge in [0.05, 0.1) is 6.10 Å². The molecule has 4 N–H and O–H groups in total. The van der Waals surface area contributed by atoms with Crippen molar-refractivity contribution in [2.45, 2.75) is 32.8 Å². The fourth-order valence-corrected chi connectivity index (χ4v) is 2.63. The molecule has 1 saturated heterocycles. The SMILES string of the molecule is Cc1cc(/C(N)=N/O)cc(N2CCC(C(C)O)CC2)n1. The van der Waals surface area contributed by atoms with Gasteiger partial charge in [-0.05, 0) is 44.7 Å². The highest BCUT2D eigenvalue weighted by Gasteiger charge is 2.23. The van der Waals surface area contributed by atoms with Crippen LogP contribution in [0.25, 0.3) is 0 Å². The quantitative estimate of drug-likeness (QED) is 0.333. The summed E-state index contributed by atoms with van der Waals surface area (Å²) in [6.45, 7) is 5.46. The summed E-state index contributed by atoms with van der Waals surface area (Å²) in [5.41, 5.74) is 7.15. The monoisotopic (exact) mass is 278 g/mol. The summed E-state index contributed by atoms with van der Waals surface area (Å²) in [5, 5.41) is 21.4. The molecule has 6 heteroatoms. The number of rotatable bonds is 3. The maximum absolute atomic E-state index is 9.63. The number of pyridine rings is 1. The van der Waals surface area contributed by atoms with Crippen molar-refractivity contribution in [3.05, 3.63) is 23.4 Å². The maximum Gasteiger partial charge on any atom is 0.170 e. The highest BCUT2D eigenvalue weighted by atomic mass is 16.4. The van der Waals surface area contributed by atoms with E-state index in [0.29, 0.717) is 11.5 Å². The molecule has 0 spiro atoms. The third kappa shape index (κ3) is 3.19. The largest absolute Gasteiger partial charge is 0.409 e. The molecule has 20 heavy (non-hydrogen) atoms. The number of anilines is 1. The van der Waals surface area contributed by atoms with Gasteiger partial charge >= 0.3 is 0 Å². The molecule has 2 rings (SSSR count). The number of amidine groups is 1. The molecule has 110 valence electrons. The van der Waals surface area contributed by atoms with E-state index in [1.165, 1.54) is 0 Å². The number of nitrogens with two attached hydrogens (primary N) is 1. The number of hydrogen-bond acceptors (Lipinski definition) is 5. The molecule has 1 aromatic rings. The fraction of sp³-hybridized carbons (Fsp3) is 0.571. The molecule has 1 atom stereocenters. The molecule has 0 bridgehead atoms. The Morgan fingerprint density at radius 1 is 1.45 bits per heavy atom. The van der Waals surface area contributed by atoms with Gasteiger partial charge in [-0.15, -0.1) is 0 Å². The predicted molar refractivity (Wildman–Crippen MR) is 78.1 cm³/mol. The normalized spacial score (nSPS) is 19.1. The van der Waals surface area contributed by atoms with Crippen molar-refractivity contribution < 1.29 is 10.3 Å². The molecule has 1 aliphatic rings. The van der Waals surface area contributed by atoms with Crippen LogP contribution in [0.1, 0.15) is 31.0 Å². The number of oxime groups is 1. The lowest BCUT2D eigenvalue weighted by atomic mass is 9.92. The van der Waals surface area contributed by atoms with E-state index in [2.05, 4.69) is 15.0 Å². The summed E-state index contributed by atoms with van der Waals surface area (Å²) in [7, 11) is 0. The fourth-order valence-electron chi connectivity index (χ4n) is 2.63. The predicted octanol–water partition coefficient (Wildman–Crippen LogP) is 1.08. The number of aromatic nitrogens is 1. The Labute approximate surface area is 118 Å². The highest BCUT2D eigenvalue weighted by Crippen LogP contribution is 2.25. The summed E-state index contributed by atoms with van der Waals surface area (Å²) in [6, 6.07) is 3.63. The van der Waals surface area contributed by atoms with Crippen LogP contribution < -0.4 is 10.6 Å². The Bertz CT molecular complexity index is 494. The number of nitrogens with zero attached hydrogens (tertiary/aromatic N) is 3. The average molecular weight is 278 g/mol. The van der Waals surface area contributed by atoms with E-state index in [0.717, 1.165) is 37.4 Å². The van der Waals surface area contributed by atoms with Crippen LogP contribution in [0.5, 0.6) is 0 Å². The summed E-state index contributed by atoms with van der Waals surface area (Å²) in [4.78, 5) is 6.70. The third-order valence-corrected chi connectivity index (χ3v) is 3.89. The molecule has 2 heterocycles. The molecule has 0 saturated carbocycles. The van der Waals surface area contributed by atoms with E-state index in [1.807, 2.05) is 19.9 Å². The number of aliphatic hydroxyl groups is 1. The zero-order valence-electron chi connectivity index (χ0n) is 12.0. The second-order valence-electron chi connectivity index (χ2n) is 5.41. The standard InChI is InChI=1S/C14H22N4O2/c1-9-7-12(14(15)17-20)8-13(16-9)18-5-3-11(4-6-18)10(2)19/h7-8,10-11,19-20H,3-6H2,1-2H3,(H2,15,17). The van der Waals surface area contributed by atoms with Crippen LogP contribution in [-0.2, 0) is 0 Å². The van der Waals surface area contributed by atoms with Gasteiger partial charge in [0.2, 0.25) is 0 Å². The van der Waals surface area contributed by atoms with E-state index < -0.39 is 0 Å². The molecule has 0 amide bonds. The van der Waals surface area contributed by atoms with E-state index in [4.69, 9.17) is 10.9 Å². The first-order chi connectivity index (χ1) is 9.51. The Morgan fingerprint density at radius 3 is 2.65 bits per heavy atom. The zero-order chi connectivity index (χ0) is 14.7. The van der Waals surface area contributed by atoms with Gasteiger partial charge in [0, 0.05) is 24.3 Å². The summed E-state index contributed by atoms with van der Waals surface area (Å²) >= 11 is 0. The summed E-state index contributed by atoms with van der Waals surface area (Å²) < 4.78 is 0. The summed E-state index contributed by atoms with van der Waals surface area (Å²) in [5.74, 6) is 1.30. The Morgan fingerprint density at radius 2 is 2.10 bits per heavy atom. The number of hydrogen-bond donors (Lipinski definition) is 3. The molecule has 0 aliphatic carbocycles. The Balaban J connectivity index is 2.16. The molecular weight excluding hydrogens is 256 g/mol. The van der Waals surface area contributed by atoms with Crippen molar-refractivity contribution in [1.82, 2.24) is 4.98 Å². The van der Waals surface area contributed by atoms with Crippen molar-refractivity contribution in [3.8, 4) is 0 Å². The lowest BCUT2D eigenvalue weighted by molar-refractivity contribution is 0.110. The topological polar surface area (TPSA) is 95.0 Å². The number of piperidine rings is 1. The molecule has 0 radical (unpaired) electrons. The molecular formula is C14H22N4O2. The Kier molecular flexibility index (Phi) is 4.44. The van der Waals surface area contributed by atoms with Gasteiger partial charge in [0.15, 0.2) is 5.84 Å². The van der Waals surface area contributed by atoms with E-state index in [9.17, 15) is 5.11 Å². The molecule has 1 aliphatic heterocycles. The van der Waals surface area contributed by atoms with Crippen LogP contribution in [0.4, 0.5) is 5.82 Å². The van der Waals surface area contributed by atoms with Crippen molar-refractivity contribution in [3.63, 3.8) is 0 Å². The zero-order valence-corrected chi connectivity index (χ0v) is 12.0. The van der Waals surface area contributed by atoms with Crippen LogP contribution >= 0.6 is 0 Å². The number of aryl methyl sites for hydroxylation is 1. The van der Waals surface area contributed by atoms with Crippen molar-refractivity contribution in [1.29, 1.82) is 0 Å². The number of aliphatic hydroxyl groups excluding tert-OH is 1. The first kappa shape index (κ1) is 14.6. The van der Waals surface area contributed by atoms with Gasteiger partial charge in [-0.2, -0.15) is 0 Å². The third-order valence-electron chi connectivity index (χ3n) is 3.89. The van der Waals surface area contributed by atoms with E-state index in [1.54, 1.807) is 6.07 Å². The lowest BCUT2D eigenvalue weighted by Gasteiger charge is -2.34. The van der Waals surface area contributed by atoms with Crippen molar-refractivity contribution >= 4 is 11.7 Å². The molecule has 1 unspecified atom stereocenters. The first-order valence-corrected chi connectivity index (χ1v) is 6.91. The van der Waals surface area contributed by atoms with Crippen LogP contribution in [0.2, 0.25) is 0 Å². The maximum atomic E-state index is 9.63. The second-order valence-corrected chi connectivity index (χ2v) is 5.41. The van der Waals surface area contributed by atoms with Gasteiger partial charge in [0.1, 0.15) is 5.82 Å². The van der Waals surface area contributed by atoms with Gasteiger partial charge in [-0.3, -0.25) is 0 Å². The first-order valence-electron chi connectivity index (χ1n) is 6.91. The van der Waals surface area contributed by atoms with E-state index >= 15 is 0 Å². The Hall–Kier alpha value is -1.82. The van der Waals surface area contributed by atoms with Crippen LogP contribution in [-0.4, -0.2) is 40.3 Å². The highest BCUT2D eigenvalue weighted by molar-refractivity contribution is 5.97. The summed E-state index contributed by atoms with van der Waals surface area (Å²) in [6.07, 6.45) is 1.65. The molecule has 0 aromatic carbocycles. The van der Waals surface area contributed by atoms with Crippen molar-refractivity contribution in [2.24, 2.45) is 16.8 Å². The molecule has 1 fully saturated rings. The van der Waals surface area contributed by atoms with Crippen LogP contribution in [0.15, 0.2) is 17.3 Å². The van der Waals surface area contributed by atoms with Crippen LogP contribution in [0.3, 0.4) is 0 Å². The van der Waals surface area contributed by atoms with Gasteiger partial charge in [-0.1, -0.05) is 5.16 Å². The minimum atomic E-state index is -0.254. The second kappa shape index (κ2) is 6.09. The van der Waals surface area contributed by atoms with Gasteiger partial charge in [0.25, 0.3) is 0 Å². The minimum absolute atomic E-state index is 0.0932. The average Bonchev–Trinajstić information content (AvgIpc) is 2.45. The minimum Gasteiger partial charge on any atom is -0.409 e. The van der Waals surface area contributed by atoms with Crippen molar-refractivity contribution in [2.75, 3.05) is 18.0 Å². The van der Waals surface area contributed by atoms with Crippen LogP contribution in [0, 0.1) is 12.8 Å². The molecule has 1 aromatic heterocycles. The molecule has 6 nitrogen and oxygen atoms in total. The van der Waals surface area contributed by atoms with E-state index in [-0.39, 0.29) is 11.9 Å². The lowest BCUT2D eigenvalue weighted by Crippen LogP contribution is -2.37. The van der Waals surface area contributed by atoms with Gasteiger partial charge in [-0.25, -0.2) is 4.98 Å². The van der Waals surface area contributed by atoms with Gasteiger partial charge < -0.3 is 20.9 Å².